The molecule has 2 unspecified atom stereocenters. The molecule has 24 heavy (non-hydrogen) atoms. The number of amides is 1. The summed E-state index contributed by atoms with van der Waals surface area (Å²) in [6.45, 7) is 1.51. The number of carbonyl (C=O) groups is 1. The standard InChI is InChI=1S/C19H25FN2O.ClH/c20-18-14-8-9-21-11-13(14)6-7-17(18)22-19(23)16-10-15(16)12-4-2-1-3-5-12;/h6-7,12,15-16,21H,1-5,8-11H2,(H,22,23);1H. The molecular formula is C19H26ClFN2O. The van der Waals surface area contributed by atoms with Crippen molar-refractivity contribution in [3.05, 3.63) is 29.1 Å². The minimum Gasteiger partial charge on any atom is -0.323 e. The number of hydrogen-bond donors (Lipinski definition) is 2. The summed E-state index contributed by atoms with van der Waals surface area (Å²) >= 11 is 0. The van der Waals surface area contributed by atoms with E-state index >= 15 is 0 Å². The Labute approximate surface area is 149 Å². The maximum absolute atomic E-state index is 14.6. The lowest BCUT2D eigenvalue weighted by Crippen LogP contribution is -2.25. The summed E-state index contributed by atoms with van der Waals surface area (Å²) in [6, 6.07) is 3.66. The SMILES string of the molecule is Cl.O=C(Nc1ccc2c(c1F)CCNC2)C1CC1C1CCCCC1. The number of hydrogen-bond acceptors (Lipinski definition) is 2. The first-order chi connectivity index (χ1) is 11.2. The predicted octanol–water partition coefficient (Wildman–Crippen LogP) is 4.05. The number of carbonyl (C=O) groups excluding carboxylic acids is 1. The van der Waals surface area contributed by atoms with Gasteiger partial charge in [0.1, 0.15) is 5.82 Å². The lowest BCUT2D eigenvalue weighted by molar-refractivity contribution is -0.117. The van der Waals surface area contributed by atoms with Gasteiger partial charge in [-0.25, -0.2) is 4.39 Å². The molecule has 1 aromatic rings. The Hall–Kier alpha value is -1.13. The molecule has 1 heterocycles. The minimum atomic E-state index is -0.229. The highest BCUT2D eigenvalue weighted by Gasteiger charge is 2.47. The van der Waals surface area contributed by atoms with Crippen molar-refractivity contribution in [2.45, 2.75) is 51.5 Å². The molecule has 0 bridgehead atoms. The molecule has 0 saturated heterocycles. The molecule has 1 amide bonds. The predicted molar refractivity (Wildman–Crippen MR) is 95.9 cm³/mol. The normalized spacial score (nSPS) is 26.2. The quantitative estimate of drug-likeness (QED) is 0.861. The molecule has 2 atom stereocenters. The van der Waals surface area contributed by atoms with Gasteiger partial charge in [0.15, 0.2) is 0 Å². The van der Waals surface area contributed by atoms with Crippen molar-refractivity contribution in [3.63, 3.8) is 0 Å². The van der Waals surface area contributed by atoms with Gasteiger partial charge >= 0.3 is 0 Å². The van der Waals surface area contributed by atoms with Crippen molar-refractivity contribution < 1.29 is 9.18 Å². The highest BCUT2D eigenvalue weighted by atomic mass is 35.5. The molecule has 2 aliphatic carbocycles. The first-order valence-electron chi connectivity index (χ1n) is 9.06. The molecule has 1 aromatic carbocycles. The van der Waals surface area contributed by atoms with Crippen LogP contribution in [0.25, 0.3) is 0 Å². The molecule has 1 aliphatic heterocycles. The summed E-state index contributed by atoms with van der Waals surface area (Å²) in [5, 5.41) is 6.10. The molecule has 2 N–H and O–H groups in total. The Morgan fingerprint density at radius 3 is 2.79 bits per heavy atom. The lowest BCUT2D eigenvalue weighted by atomic mass is 9.85. The molecule has 4 rings (SSSR count). The van der Waals surface area contributed by atoms with E-state index in [1.165, 1.54) is 32.1 Å². The van der Waals surface area contributed by atoms with Crippen molar-refractivity contribution in [1.29, 1.82) is 0 Å². The number of rotatable bonds is 3. The number of nitrogens with one attached hydrogen (secondary N) is 2. The van der Waals surface area contributed by atoms with Gasteiger partial charge in [0.2, 0.25) is 5.91 Å². The van der Waals surface area contributed by atoms with Gasteiger partial charge < -0.3 is 10.6 Å². The van der Waals surface area contributed by atoms with E-state index in [4.69, 9.17) is 0 Å². The molecule has 5 heteroatoms. The maximum atomic E-state index is 14.6. The molecule has 3 nitrogen and oxygen atoms in total. The van der Waals surface area contributed by atoms with E-state index in [-0.39, 0.29) is 30.0 Å². The van der Waals surface area contributed by atoms with E-state index in [9.17, 15) is 9.18 Å². The second-order valence-electron chi connectivity index (χ2n) is 7.38. The molecular weight excluding hydrogens is 327 g/mol. The Morgan fingerprint density at radius 1 is 1.21 bits per heavy atom. The van der Waals surface area contributed by atoms with Gasteiger partial charge in [0.25, 0.3) is 0 Å². The molecule has 0 spiro atoms. The molecule has 2 saturated carbocycles. The van der Waals surface area contributed by atoms with Gasteiger partial charge in [0.05, 0.1) is 5.69 Å². The smallest absolute Gasteiger partial charge is 0.227 e. The van der Waals surface area contributed by atoms with Gasteiger partial charge in [-0.2, -0.15) is 0 Å². The van der Waals surface area contributed by atoms with Crippen LogP contribution in [0, 0.1) is 23.6 Å². The van der Waals surface area contributed by atoms with Crippen LogP contribution >= 0.6 is 12.4 Å². The van der Waals surface area contributed by atoms with Crippen molar-refractivity contribution in [3.8, 4) is 0 Å². The van der Waals surface area contributed by atoms with Crippen LogP contribution in [0.4, 0.5) is 10.1 Å². The average molecular weight is 353 g/mol. The van der Waals surface area contributed by atoms with Crippen molar-refractivity contribution in [2.75, 3.05) is 11.9 Å². The molecule has 0 aromatic heterocycles. The summed E-state index contributed by atoms with van der Waals surface area (Å²) in [5.74, 6) is 1.16. The van der Waals surface area contributed by atoms with Crippen LogP contribution in [0.3, 0.4) is 0 Å². The van der Waals surface area contributed by atoms with Crippen LogP contribution in [0.15, 0.2) is 12.1 Å². The van der Waals surface area contributed by atoms with Gasteiger partial charge in [-0.15, -0.1) is 12.4 Å². The van der Waals surface area contributed by atoms with E-state index in [1.807, 2.05) is 6.07 Å². The fourth-order valence-corrected chi connectivity index (χ4v) is 4.45. The zero-order valence-electron chi connectivity index (χ0n) is 13.9. The third-order valence-corrected chi connectivity index (χ3v) is 5.90. The third kappa shape index (κ3) is 3.45. The Morgan fingerprint density at radius 2 is 2.00 bits per heavy atom. The van der Waals surface area contributed by atoms with Crippen LogP contribution in [0.2, 0.25) is 0 Å². The Kier molecular flexibility index (Phi) is 5.46. The van der Waals surface area contributed by atoms with Gasteiger partial charge in [0, 0.05) is 12.5 Å². The largest absolute Gasteiger partial charge is 0.323 e. The fraction of sp³-hybridized carbons (Fsp3) is 0.632. The summed E-state index contributed by atoms with van der Waals surface area (Å²) in [5.41, 5.74) is 2.14. The number of fused-ring (bicyclic) bond motifs is 1. The summed E-state index contributed by atoms with van der Waals surface area (Å²) in [4.78, 5) is 12.5. The van der Waals surface area contributed by atoms with E-state index in [1.54, 1.807) is 6.07 Å². The van der Waals surface area contributed by atoms with Crippen molar-refractivity contribution in [2.24, 2.45) is 17.8 Å². The second kappa shape index (κ2) is 7.40. The molecule has 3 aliphatic rings. The van der Waals surface area contributed by atoms with Gasteiger partial charge in [-0.05, 0) is 48.4 Å². The summed E-state index contributed by atoms with van der Waals surface area (Å²) in [6.07, 6.45) is 8.19. The van der Waals surface area contributed by atoms with Crippen LogP contribution in [-0.2, 0) is 17.8 Å². The van der Waals surface area contributed by atoms with Crippen molar-refractivity contribution in [1.82, 2.24) is 5.32 Å². The van der Waals surface area contributed by atoms with Crippen molar-refractivity contribution >= 4 is 24.0 Å². The van der Waals surface area contributed by atoms with Crippen LogP contribution in [-0.4, -0.2) is 12.5 Å². The van der Waals surface area contributed by atoms with E-state index in [0.29, 0.717) is 24.6 Å². The zero-order valence-corrected chi connectivity index (χ0v) is 14.8. The summed E-state index contributed by atoms with van der Waals surface area (Å²) in [7, 11) is 0. The Balaban J connectivity index is 0.00000169. The number of halogens is 2. The molecule has 0 radical (unpaired) electrons. The van der Waals surface area contributed by atoms with E-state index in [2.05, 4.69) is 10.6 Å². The maximum Gasteiger partial charge on any atom is 0.227 e. The monoisotopic (exact) mass is 352 g/mol. The average Bonchev–Trinajstić information content (AvgIpc) is 3.39. The lowest BCUT2D eigenvalue weighted by Gasteiger charge is -2.22. The number of benzene rings is 1. The van der Waals surface area contributed by atoms with E-state index < -0.39 is 0 Å². The first kappa shape index (κ1) is 17.7. The van der Waals surface area contributed by atoms with Gasteiger partial charge in [-0.1, -0.05) is 38.2 Å². The fourth-order valence-electron chi connectivity index (χ4n) is 4.45. The van der Waals surface area contributed by atoms with Crippen LogP contribution in [0.1, 0.15) is 49.7 Å². The van der Waals surface area contributed by atoms with Crippen LogP contribution in [0.5, 0.6) is 0 Å². The van der Waals surface area contributed by atoms with Gasteiger partial charge in [-0.3, -0.25) is 4.79 Å². The molecule has 132 valence electrons. The highest BCUT2D eigenvalue weighted by Crippen LogP contribution is 2.49. The van der Waals surface area contributed by atoms with E-state index in [0.717, 1.165) is 30.0 Å². The number of anilines is 1. The minimum absolute atomic E-state index is 0. The third-order valence-electron chi connectivity index (χ3n) is 5.90. The zero-order chi connectivity index (χ0) is 15.8. The highest BCUT2D eigenvalue weighted by molar-refractivity contribution is 5.94. The van der Waals surface area contributed by atoms with Crippen LogP contribution < -0.4 is 10.6 Å². The first-order valence-corrected chi connectivity index (χ1v) is 9.06. The summed E-state index contributed by atoms with van der Waals surface area (Å²) < 4.78 is 14.6. The Bertz CT molecular complexity index is 616. The topological polar surface area (TPSA) is 41.1 Å². The molecule has 2 fully saturated rings. The second-order valence-corrected chi connectivity index (χ2v) is 7.38.